The van der Waals surface area contributed by atoms with E-state index in [1.54, 1.807) is 7.11 Å². The van der Waals surface area contributed by atoms with Crippen LogP contribution in [0.3, 0.4) is 0 Å². The van der Waals surface area contributed by atoms with E-state index >= 15 is 0 Å². The molecule has 0 spiro atoms. The molecule has 6 nitrogen and oxygen atoms in total. The smallest absolute Gasteiger partial charge is 0.224 e. The van der Waals surface area contributed by atoms with Gasteiger partial charge >= 0.3 is 0 Å². The summed E-state index contributed by atoms with van der Waals surface area (Å²) in [5.41, 5.74) is 1.34. The minimum absolute atomic E-state index is 0.446. The zero-order valence-corrected chi connectivity index (χ0v) is 17.5. The molecule has 1 N–H and O–H groups in total. The van der Waals surface area contributed by atoms with Crippen molar-refractivity contribution in [3.63, 3.8) is 0 Å². The first-order chi connectivity index (χ1) is 14.3. The molecule has 0 saturated carbocycles. The molecule has 1 aromatic carbocycles. The molecular formula is C23H33N5O. The SMILES string of the molecule is COc1ccc(CN2CCC(Nc3nccc(N4CCCCCC4)n3)CC2)cc1. The van der Waals surface area contributed by atoms with Crippen LogP contribution in [-0.4, -0.2) is 54.2 Å². The fourth-order valence-electron chi connectivity index (χ4n) is 4.30. The maximum Gasteiger partial charge on any atom is 0.224 e. The van der Waals surface area contributed by atoms with E-state index in [9.17, 15) is 0 Å². The highest BCUT2D eigenvalue weighted by atomic mass is 16.5. The number of nitrogens with one attached hydrogen (secondary N) is 1. The maximum atomic E-state index is 5.25. The van der Waals surface area contributed by atoms with Crippen molar-refractivity contribution >= 4 is 11.8 Å². The van der Waals surface area contributed by atoms with E-state index in [0.29, 0.717) is 6.04 Å². The summed E-state index contributed by atoms with van der Waals surface area (Å²) < 4.78 is 5.25. The first-order valence-electron chi connectivity index (χ1n) is 11.0. The molecule has 2 aliphatic rings. The third-order valence-corrected chi connectivity index (χ3v) is 6.06. The second kappa shape index (κ2) is 9.92. The molecule has 6 heteroatoms. The van der Waals surface area contributed by atoms with E-state index in [1.165, 1.54) is 31.2 Å². The summed E-state index contributed by atoms with van der Waals surface area (Å²) in [5, 5.41) is 3.58. The number of aromatic nitrogens is 2. The monoisotopic (exact) mass is 395 g/mol. The van der Waals surface area contributed by atoms with Crippen molar-refractivity contribution in [2.45, 2.75) is 51.1 Å². The lowest BCUT2D eigenvalue weighted by molar-refractivity contribution is 0.211. The number of rotatable bonds is 6. The van der Waals surface area contributed by atoms with E-state index in [0.717, 1.165) is 63.1 Å². The summed E-state index contributed by atoms with van der Waals surface area (Å²) in [6, 6.07) is 10.9. The number of piperidine rings is 1. The van der Waals surface area contributed by atoms with Crippen LogP contribution in [0.1, 0.15) is 44.1 Å². The Morgan fingerprint density at radius 2 is 1.69 bits per heavy atom. The molecule has 0 radical (unpaired) electrons. The molecule has 29 heavy (non-hydrogen) atoms. The van der Waals surface area contributed by atoms with Crippen molar-refractivity contribution in [1.29, 1.82) is 0 Å². The molecular weight excluding hydrogens is 362 g/mol. The fraction of sp³-hybridized carbons (Fsp3) is 0.565. The number of hydrogen-bond acceptors (Lipinski definition) is 6. The van der Waals surface area contributed by atoms with Gasteiger partial charge in [-0.1, -0.05) is 25.0 Å². The van der Waals surface area contributed by atoms with Crippen LogP contribution < -0.4 is 15.0 Å². The van der Waals surface area contributed by atoms with Gasteiger partial charge < -0.3 is 15.0 Å². The van der Waals surface area contributed by atoms with Gasteiger partial charge in [-0.2, -0.15) is 4.98 Å². The highest BCUT2D eigenvalue weighted by Crippen LogP contribution is 2.21. The summed E-state index contributed by atoms with van der Waals surface area (Å²) in [6.07, 6.45) is 9.33. The van der Waals surface area contributed by atoms with Crippen molar-refractivity contribution < 1.29 is 4.74 Å². The Kier molecular flexibility index (Phi) is 6.83. The average Bonchev–Trinajstić information content (AvgIpc) is 3.06. The van der Waals surface area contributed by atoms with Crippen LogP contribution in [0.2, 0.25) is 0 Å². The number of methoxy groups -OCH3 is 1. The van der Waals surface area contributed by atoms with Crippen molar-refractivity contribution in [2.75, 3.05) is 43.5 Å². The lowest BCUT2D eigenvalue weighted by Gasteiger charge is -2.32. The van der Waals surface area contributed by atoms with E-state index in [1.807, 2.05) is 24.4 Å². The summed E-state index contributed by atoms with van der Waals surface area (Å²) in [5.74, 6) is 2.76. The van der Waals surface area contributed by atoms with Gasteiger partial charge in [0.15, 0.2) is 0 Å². The van der Waals surface area contributed by atoms with Crippen molar-refractivity contribution in [1.82, 2.24) is 14.9 Å². The molecule has 0 aliphatic carbocycles. The normalized spacial score (nSPS) is 19.0. The largest absolute Gasteiger partial charge is 0.497 e. The van der Waals surface area contributed by atoms with Gasteiger partial charge in [0.05, 0.1) is 7.11 Å². The molecule has 4 rings (SSSR count). The zero-order valence-electron chi connectivity index (χ0n) is 17.5. The molecule has 0 atom stereocenters. The Hall–Kier alpha value is -2.34. The third-order valence-electron chi connectivity index (χ3n) is 6.06. The molecule has 0 bridgehead atoms. The molecule has 1 aromatic heterocycles. The quantitative estimate of drug-likeness (QED) is 0.799. The van der Waals surface area contributed by atoms with Crippen molar-refractivity contribution in [3.05, 3.63) is 42.1 Å². The van der Waals surface area contributed by atoms with Crippen molar-refractivity contribution in [2.24, 2.45) is 0 Å². The Labute approximate surface area is 174 Å². The van der Waals surface area contributed by atoms with Gasteiger partial charge in [0, 0.05) is 45.0 Å². The van der Waals surface area contributed by atoms with Crippen LogP contribution in [0.5, 0.6) is 5.75 Å². The molecule has 3 heterocycles. The van der Waals surface area contributed by atoms with Gasteiger partial charge in [-0.25, -0.2) is 4.98 Å². The zero-order chi connectivity index (χ0) is 19.9. The number of hydrogen-bond donors (Lipinski definition) is 1. The highest BCUT2D eigenvalue weighted by molar-refractivity contribution is 5.43. The highest BCUT2D eigenvalue weighted by Gasteiger charge is 2.20. The van der Waals surface area contributed by atoms with E-state index in [-0.39, 0.29) is 0 Å². The summed E-state index contributed by atoms with van der Waals surface area (Å²) in [7, 11) is 1.71. The summed E-state index contributed by atoms with van der Waals surface area (Å²) >= 11 is 0. The van der Waals surface area contributed by atoms with Crippen LogP contribution in [0.4, 0.5) is 11.8 Å². The van der Waals surface area contributed by atoms with Gasteiger partial charge in [-0.3, -0.25) is 4.90 Å². The van der Waals surface area contributed by atoms with Crippen LogP contribution in [0, 0.1) is 0 Å². The second-order valence-corrected chi connectivity index (χ2v) is 8.18. The topological polar surface area (TPSA) is 53.5 Å². The van der Waals surface area contributed by atoms with Gasteiger partial charge in [0.2, 0.25) is 5.95 Å². The van der Waals surface area contributed by atoms with Crippen LogP contribution in [-0.2, 0) is 6.54 Å². The maximum absolute atomic E-state index is 5.25. The molecule has 2 aliphatic heterocycles. The van der Waals surface area contributed by atoms with Gasteiger partial charge in [-0.05, 0) is 49.4 Å². The predicted octanol–water partition coefficient (Wildman–Crippen LogP) is 3.94. The van der Waals surface area contributed by atoms with E-state index in [2.05, 4.69) is 32.2 Å². The molecule has 0 unspecified atom stereocenters. The van der Waals surface area contributed by atoms with Gasteiger partial charge in [0.25, 0.3) is 0 Å². The molecule has 156 valence electrons. The first kappa shape index (κ1) is 20.0. The number of anilines is 2. The standard InChI is InChI=1S/C23H33N5O/c1-29-21-8-6-19(7-9-21)18-27-16-11-20(12-17-27)25-23-24-13-10-22(26-23)28-14-4-2-3-5-15-28/h6-10,13,20H,2-5,11-12,14-18H2,1H3,(H,24,25,26). The number of likely N-dealkylation sites (tertiary alicyclic amines) is 1. The molecule has 2 fully saturated rings. The van der Waals surface area contributed by atoms with E-state index < -0.39 is 0 Å². The average molecular weight is 396 g/mol. The summed E-state index contributed by atoms with van der Waals surface area (Å²) in [6.45, 7) is 5.41. The fourth-order valence-corrected chi connectivity index (χ4v) is 4.30. The van der Waals surface area contributed by atoms with Crippen molar-refractivity contribution in [3.8, 4) is 5.75 Å². The van der Waals surface area contributed by atoms with Crippen LogP contribution in [0.15, 0.2) is 36.5 Å². The lowest BCUT2D eigenvalue weighted by atomic mass is 10.0. The second-order valence-electron chi connectivity index (χ2n) is 8.18. The Morgan fingerprint density at radius 1 is 0.966 bits per heavy atom. The molecule has 2 aromatic rings. The minimum Gasteiger partial charge on any atom is -0.497 e. The van der Waals surface area contributed by atoms with Gasteiger partial charge in [-0.15, -0.1) is 0 Å². The molecule has 2 saturated heterocycles. The van der Waals surface area contributed by atoms with E-state index in [4.69, 9.17) is 9.72 Å². The Balaban J connectivity index is 1.27. The van der Waals surface area contributed by atoms with Crippen LogP contribution in [0.25, 0.3) is 0 Å². The number of nitrogens with zero attached hydrogens (tertiary/aromatic N) is 4. The van der Waals surface area contributed by atoms with Gasteiger partial charge in [0.1, 0.15) is 11.6 Å². The number of ether oxygens (including phenoxy) is 1. The first-order valence-corrected chi connectivity index (χ1v) is 11.0. The van der Waals surface area contributed by atoms with Crippen LogP contribution >= 0.6 is 0 Å². The molecule has 0 amide bonds. The Morgan fingerprint density at radius 3 is 2.38 bits per heavy atom. The number of benzene rings is 1. The predicted molar refractivity (Wildman–Crippen MR) is 118 cm³/mol. The third kappa shape index (κ3) is 5.60. The Bertz CT molecular complexity index is 750. The lowest BCUT2D eigenvalue weighted by Crippen LogP contribution is -2.39. The minimum atomic E-state index is 0.446. The summed E-state index contributed by atoms with van der Waals surface area (Å²) in [4.78, 5) is 14.2.